The van der Waals surface area contributed by atoms with Crippen LogP contribution in [0.1, 0.15) is 32.6 Å². The Morgan fingerprint density at radius 3 is 2.50 bits per heavy atom. The summed E-state index contributed by atoms with van der Waals surface area (Å²) < 4.78 is 5.08. The van der Waals surface area contributed by atoms with Crippen molar-refractivity contribution in [3.05, 3.63) is 0 Å². The van der Waals surface area contributed by atoms with Crippen LogP contribution in [0.25, 0.3) is 0 Å². The van der Waals surface area contributed by atoms with Gasteiger partial charge in [0.05, 0.1) is 6.61 Å². The summed E-state index contributed by atoms with van der Waals surface area (Å²) in [6.45, 7) is 4.59. The minimum atomic E-state index is 0. The summed E-state index contributed by atoms with van der Waals surface area (Å²) in [5.41, 5.74) is 6.26. The van der Waals surface area contributed by atoms with Crippen LogP contribution in [0.3, 0.4) is 0 Å². The highest BCUT2D eigenvalue weighted by atomic mass is 127. The van der Waals surface area contributed by atoms with E-state index in [2.05, 4.69) is 29.3 Å². The predicted molar refractivity (Wildman–Crippen MR) is 95.8 cm³/mol. The van der Waals surface area contributed by atoms with Crippen LogP contribution < -0.4 is 11.1 Å². The lowest BCUT2D eigenvalue weighted by molar-refractivity contribution is 0.179. The van der Waals surface area contributed by atoms with Crippen LogP contribution in [0.5, 0.6) is 0 Å². The molecule has 0 bridgehead atoms. The van der Waals surface area contributed by atoms with E-state index >= 15 is 0 Å². The lowest BCUT2D eigenvalue weighted by atomic mass is 9.86. The molecule has 6 heteroatoms. The van der Waals surface area contributed by atoms with E-state index in [1.165, 1.54) is 25.7 Å². The Kier molecular flexibility index (Phi) is 9.74. The standard InChI is InChI=1S/C14H30N4O.HI/c1-12(9-19-4)17-13(15)16-10-14(11-18(2)3)7-5-6-8-14;/h12H,5-11H2,1-4H3,(H3,15,16,17);1H. The van der Waals surface area contributed by atoms with Gasteiger partial charge in [0, 0.05) is 31.7 Å². The van der Waals surface area contributed by atoms with Gasteiger partial charge in [-0.05, 0) is 33.9 Å². The van der Waals surface area contributed by atoms with Gasteiger partial charge in [0.15, 0.2) is 5.96 Å². The van der Waals surface area contributed by atoms with Gasteiger partial charge in [-0.1, -0.05) is 12.8 Å². The molecule has 20 heavy (non-hydrogen) atoms. The van der Waals surface area contributed by atoms with Crippen LogP contribution >= 0.6 is 24.0 Å². The molecule has 0 aromatic carbocycles. The van der Waals surface area contributed by atoms with E-state index in [-0.39, 0.29) is 30.0 Å². The fourth-order valence-electron chi connectivity index (χ4n) is 3.00. The van der Waals surface area contributed by atoms with Gasteiger partial charge in [-0.2, -0.15) is 0 Å². The molecule has 1 fully saturated rings. The molecule has 0 heterocycles. The molecule has 0 spiro atoms. The SMILES string of the molecule is COCC(C)NC(N)=NCC1(CN(C)C)CCCC1.I. The Hall–Kier alpha value is -0.0800. The molecular weight excluding hydrogens is 367 g/mol. The van der Waals surface area contributed by atoms with Crippen LogP contribution in [-0.2, 0) is 4.74 Å². The van der Waals surface area contributed by atoms with Crippen molar-refractivity contribution in [1.29, 1.82) is 0 Å². The number of nitrogens with two attached hydrogens (primary N) is 1. The molecule has 0 aliphatic heterocycles. The van der Waals surface area contributed by atoms with Gasteiger partial charge in [0.25, 0.3) is 0 Å². The van der Waals surface area contributed by atoms with E-state index in [1.54, 1.807) is 7.11 Å². The number of guanidine groups is 1. The highest BCUT2D eigenvalue weighted by Crippen LogP contribution is 2.38. The fourth-order valence-corrected chi connectivity index (χ4v) is 3.00. The Bertz CT molecular complexity index is 291. The highest BCUT2D eigenvalue weighted by molar-refractivity contribution is 14.0. The van der Waals surface area contributed by atoms with Crippen molar-refractivity contribution in [2.24, 2.45) is 16.1 Å². The molecule has 0 aromatic rings. The van der Waals surface area contributed by atoms with Crippen molar-refractivity contribution in [3.63, 3.8) is 0 Å². The molecule has 5 nitrogen and oxygen atoms in total. The van der Waals surface area contributed by atoms with Gasteiger partial charge in [-0.3, -0.25) is 4.99 Å². The van der Waals surface area contributed by atoms with Gasteiger partial charge in [-0.25, -0.2) is 0 Å². The smallest absolute Gasteiger partial charge is 0.188 e. The van der Waals surface area contributed by atoms with E-state index in [0.29, 0.717) is 18.0 Å². The van der Waals surface area contributed by atoms with E-state index in [9.17, 15) is 0 Å². The first-order chi connectivity index (χ1) is 8.97. The summed E-state index contributed by atoms with van der Waals surface area (Å²) in [5, 5.41) is 3.16. The van der Waals surface area contributed by atoms with E-state index in [1.807, 2.05) is 6.92 Å². The average Bonchev–Trinajstić information content (AvgIpc) is 2.75. The number of hydrogen-bond acceptors (Lipinski definition) is 3. The monoisotopic (exact) mass is 398 g/mol. The summed E-state index contributed by atoms with van der Waals surface area (Å²) >= 11 is 0. The molecule has 0 amide bonds. The van der Waals surface area contributed by atoms with Crippen molar-refractivity contribution in [2.45, 2.75) is 38.6 Å². The maximum atomic E-state index is 5.94. The Morgan fingerprint density at radius 2 is 2.00 bits per heavy atom. The molecule has 3 N–H and O–H groups in total. The molecule has 0 radical (unpaired) electrons. The number of rotatable bonds is 7. The summed E-state index contributed by atoms with van der Waals surface area (Å²) in [5.74, 6) is 0.537. The van der Waals surface area contributed by atoms with Crippen molar-refractivity contribution in [2.75, 3.05) is 40.9 Å². The van der Waals surface area contributed by atoms with Crippen LogP contribution in [-0.4, -0.2) is 57.8 Å². The summed E-state index contributed by atoms with van der Waals surface area (Å²) in [6, 6.07) is 0.196. The topological polar surface area (TPSA) is 62.9 Å². The largest absolute Gasteiger partial charge is 0.383 e. The molecule has 0 aromatic heterocycles. The van der Waals surface area contributed by atoms with E-state index in [4.69, 9.17) is 10.5 Å². The number of ether oxygens (including phenoxy) is 1. The lowest BCUT2D eigenvalue weighted by Crippen LogP contribution is -2.42. The molecule has 1 atom stereocenters. The van der Waals surface area contributed by atoms with Crippen LogP contribution in [0.15, 0.2) is 4.99 Å². The molecule has 1 rings (SSSR count). The molecule has 1 saturated carbocycles. The quantitative estimate of drug-likeness (QED) is 0.389. The van der Waals surface area contributed by atoms with Gasteiger partial charge in [-0.15, -0.1) is 24.0 Å². The number of halogens is 1. The van der Waals surface area contributed by atoms with Gasteiger partial charge in [0.1, 0.15) is 0 Å². The van der Waals surface area contributed by atoms with E-state index < -0.39 is 0 Å². The molecule has 1 unspecified atom stereocenters. The molecular formula is C14H31IN4O. The zero-order valence-corrected chi connectivity index (χ0v) is 15.6. The number of nitrogens with one attached hydrogen (secondary N) is 1. The average molecular weight is 398 g/mol. The van der Waals surface area contributed by atoms with Crippen LogP contribution in [0.2, 0.25) is 0 Å². The molecule has 120 valence electrons. The first kappa shape index (κ1) is 19.9. The first-order valence-corrected chi connectivity index (χ1v) is 7.17. The minimum Gasteiger partial charge on any atom is -0.383 e. The van der Waals surface area contributed by atoms with Crippen LogP contribution in [0, 0.1) is 5.41 Å². The second-order valence-corrected chi connectivity index (χ2v) is 6.15. The number of hydrogen-bond donors (Lipinski definition) is 2. The van der Waals surface area contributed by atoms with E-state index in [0.717, 1.165) is 13.1 Å². The van der Waals surface area contributed by atoms with Crippen molar-refractivity contribution < 1.29 is 4.74 Å². The van der Waals surface area contributed by atoms with Crippen LogP contribution in [0.4, 0.5) is 0 Å². The number of nitrogens with zero attached hydrogens (tertiary/aromatic N) is 2. The first-order valence-electron chi connectivity index (χ1n) is 7.17. The number of aliphatic imine (C=N–C) groups is 1. The Labute approximate surface area is 140 Å². The van der Waals surface area contributed by atoms with Gasteiger partial charge in [0.2, 0.25) is 0 Å². The third-order valence-corrected chi connectivity index (χ3v) is 3.71. The normalized spacial score (nSPS) is 19.8. The summed E-state index contributed by atoms with van der Waals surface area (Å²) in [6.07, 6.45) is 5.15. The third-order valence-electron chi connectivity index (χ3n) is 3.71. The maximum absolute atomic E-state index is 5.94. The summed E-state index contributed by atoms with van der Waals surface area (Å²) in [7, 11) is 5.95. The Balaban J connectivity index is 0.00000361. The second-order valence-electron chi connectivity index (χ2n) is 6.15. The highest BCUT2D eigenvalue weighted by Gasteiger charge is 2.34. The van der Waals surface area contributed by atoms with Crippen molar-refractivity contribution in [3.8, 4) is 0 Å². The third kappa shape index (κ3) is 7.08. The predicted octanol–water partition coefficient (Wildman–Crippen LogP) is 1.67. The fraction of sp³-hybridized carbons (Fsp3) is 0.929. The van der Waals surface area contributed by atoms with Crippen molar-refractivity contribution in [1.82, 2.24) is 10.2 Å². The minimum absolute atomic E-state index is 0. The Morgan fingerprint density at radius 1 is 1.40 bits per heavy atom. The van der Waals surface area contributed by atoms with Crippen molar-refractivity contribution >= 4 is 29.9 Å². The lowest BCUT2D eigenvalue weighted by Gasteiger charge is -2.30. The zero-order chi connectivity index (χ0) is 14.3. The number of methoxy groups -OCH3 is 1. The van der Waals surface area contributed by atoms with Gasteiger partial charge >= 0.3 is 0 Å². The van der Waals surface area contributed by atoms with Gasteiger partial charge < -0.3 is 20.7 Å². The molecule has 1 aliphatic rings. The zero-order valence-electron chi connectivity index (χ0n) is 13.3. The maximum Gasteiger partial charge on any atom is 0.188 e. The second kappa shape index (κ2) is 9.78. The molecule has 0 saturated heterocycles. The molecule has 1 aliphatic carbocycles. The summed E-state index contributed by atoms with van der Waals surface area (Å²) in [4.78, 5) is 6.82.